The highest BCUT2D eigenvalue weighted by atomic mass is 32.2. The van der Waals surface area contributed by atoms with Crippen molar-refractivity contribution in [2.75, 3.05) is 17.7 Å². The molecule has 1 spiro atoms. The minimum atomic E-state index is -0.748. The second-order valence-corrected chi connectivity index (χ2v) is 13.8. The van der Waals surface area contributed by atoms with Gasteiger partial charge in [0, 0.05) is 18.1 Å². The van der Waals surface area contributed by atoms with E-state index < -0.39 is 5.72 Å². The molecule has 0 fully saturated rings. The summed E-state index contributed by atoms with van der Waals surface area (Å²) in [6.45, 7) is 8.37. The lowest BCUT2D eigenvalue weighted by Gasteiger charge is -2.45. The zero-order valence-electron chi connectivity index (χ0n) is 22.3. The Labute approximate surface area is 238 Å². The fourth-order valence-electron chi connectivity index (χ4n) is 5.14. The number of carbonyl (C=O) groups is 1. The van der Waals surface area contributed by atoms with Gasteiger partial charge in [0.2, 0.25) is 5.72 Å². The van der Waals surface area contributed by atoms with Crippen LogP contribution in [0.4, 0.5) is 11.4 Å². The molecule has 2 atom stereocenters. The van der Waals surface area contributed by atoms with Crippen molar-refractivity contribution in [2.45, 2.75) is 56.9 Å². The lowest BCUT2D eigenvalue weighted by atomic mass is 9.77. The zero-order valence-corrected chi connectivity index (χ0v) is 24.8. The minimum Gasteiger partial charge on any atom is -0.459 e. The lowest BCUT2D eigenvalue weighted by Crippen LogP contribution is -2.61. The summed E-state index contributed by atoms with van der Waals surface area (Å²) < 4.78 is 13.3. The first-order valence-electron chi connectivity index (χ1n) is 12.9. The molecule has 0 aromatic heterocycles. The van der Waals surface area contributed by atoms with E-state index in [0.29, 0.717) is 11.5 Å². The maximum Gasteiger partial charge on any atom is 0.324 e. The predicted octanol–water partition coefficient (Wildman–Crippen LogP) is 7.90. The Morgan fingerprint density at radius 3 is 2.71 bits per heavy atom. The average molecular weight is 565 g/mol. The van der Waals surface area contributed by atoms with Crippen LogP contribution < -0.4 is 14.4 Å². The SMILES string of the molecule is CCCCSC(=S)SC(C)C(=O)Oc1ccc2ccc3c(c2c1)N=CC1(O3)N(C)c2ccccc2C1(C)C. The van der Waals surface area contributed by atoms with Gasteiger partial charge >= 0.3 is 5.97 Å². The van der Waals surface area contributed by atoms with Crippen LogP contribution in [-0.4, -0.2) is 39.5 Å². The van der Waals surface area contributed by atoms with E-state index in [1.807, 2.05) is 49.5 Å². The van der Waals surface area contributed by atoms with Crippen molar-refractivity contribution >= 4 is 73.6 Å². The van der Waals surface area contributed by atoms with E-state index in [1.54, 1.807) is 11.8 Å². The average Bonchev–Trinajstić information content (AvgIpc) is 3.06. The Balaban J connectivity index is 1.39. The molecule has 0 amide bonds. The molecule has 2 heterocycles. The summed E-state index contributed by atoms with van der Waals surface area (Å²) in [5.74, 6) is 1.84. The van der Waals surface area contributed by atoms with Gasteiger partial charge in [-0.3, -0.25) is 9.79 Å². The quantitative estimate of drug-likeness (QED) is 0.131. The molecule has 5 rings (SSSR count). The molecule has 0 aliphatic carbocycles. The fraction of sp³-hybridized carbons (Fsp3) is 0.367. The van der Waals surface area contributed by atoms with Gasteiger partial charge in [-0.25, -0.2) is 0 Å². The number of hydrogen-bond donors (Lipinski definition) is 0. The molecule has 0 saturated carbocycles. The highest BCUT2D eigenvalue weighted by Gasteiger charge is 2.58. The summed E-state index contributed by atoms with van der Waals surface area (Å²) in [6, 6.07) is 18.0. The third-order valence-corrected chi connectivity index (χ3v) is 10.2. The van der Waals surface area contributed by atoms with Gasteiger partial charge in [0.05, 0.1) is 11.6 Å². The Morgan fingerprint density at radius 2 is 1.95 bits per heavy atom. The number of nitrogens with zero attached hydrogens (tertiary/aromatic N) is 2. The number of para-hydroxylation sites is 1. The molecule has 2 unspecified atom stereocenters. The van der Waals surface area contributed by atoms with Gasteiger partial charge in [-0.2, -0.15) is 0 Å². The maximum absolute atomic E-state index is 12.8. The third kappa shape index (κ3) is 4.61. The van der Waals surface area contributed by atoms with Crippen molar-refractivity contribution in [3.8, 4) is 11.5 Å². The molecule has 0 saturated heterocycles. The first-order chi connectivity index (χ1) is 18.2. The van der Waals surface area contributed by atoms with Crippen molar-refractivity contribution in [3.63, 3.8) is 0 Å². The van der Waals surface area contributed by atoms with E-state index in [2.05, 4.69) is 50.9 Å². The van der Waals surface area contributed by atoms with Crippen LogP contribution in [-0.2, 0) is 10.2 Å². The van der Waals surface area contributed by atoms with E-state index in [9.17, 15) is 4.79 Å². The second-order valence-electron chi connectivity index (χ2n) is 10.2. The van der Waals surface area contributed by atoms with Crippen LogP contribution in [0.5, 0.6) is 11.5 Å². The smallest absolute Gasteiger partial charge is 0.324 e. The Hall–Kier alpha value is -2.55. The normalized spacial score (nSPS) is 19.7. The van der Waals surface area contributed by atoms with E-state index in [1.165, 1.54) is 17.3 Å². The number of ether oxygens (including phenoxy) is 2. The zero-order chi connectivity index (χ0) is 27.1. The lowest BCUT2D eigenvalue weighted by molar-refractivity contribution is -0.133. The number of anilines is 1. The topological polar surface area (TPSA) is 51.1 Å². The maximum atomic E-state index is 12.8. The molecule has 8 heteroatoms. The monoisotopic (exact) mass is 564 g/mol. The fourth-order valence-corrected chi connectivity index (χ4v) is 7.81. The molecule has 0 N–H and O–H groups in total. The first kappa shape index (κ1) is 27.0. The van der Waals surface area contributed by atoms with Crippen LogP contribution >= 0.6 is 35.7 Å². The Kier molecular flexibility index (Phi) is 7.50. The molecule has 0 radical (unpaired) electrons. The molecule has 3 aromatic rings. The van der Waals surface area contributed by atoms with Gasteiger partial charge < -0.3 is 14.4 Å². The van der Waals surface area contributed by atoms with Gasteiger partial charge in [0.15, 0.2) is 0 Å². The largest absolute Gasteiger partial charge is 0.459 e. The number of aliphatic imine (C=N–C) groups is 1. The number of likely N-dealkylation sites (N-methyl/N-ethyl adjacent to an activating group) is 1. The highest BCUT2D eigenvalue weighted by molar-refractivity contribution is 8.47. The van der Waals surface area contributed by atoms with Gasteiger partial charge in [0.25, 0.3) is 0 Å². The number of thioether (sulfide) groups is 2. The number of rotatable bonds is 6. The molecule has 3 aromatic carbocycles. The molecule has 5 nitrogen and oxygen atoms in total. The number of hydrogen-bond acceptors (Lipinski definition) is 8. The predicted molar refractivity (Wildman–Crippen MR) is 166 cm³/mol. The molecule has 198 valence electrons. The van der Waals surface area contributed by atoms with Crippen LogP contribution in [0.2, 0.25) is 0 Å². The van der Waals surface area contributed by atoms with E-state index in [0.717, 1.165) is 44.3 Å². The first-order valence-corrected chi connectivity index (χ1v) is 15.1. The van der Waals surface area contributed by atoms with Gasteiger partial charge in [-0.1, -0.05) is 67.7 Å². The van der Waals surface area contributed by atoms with E-state index in [-0.39, 0.29) is 16.6 Å². The summed E-state index contributed by atoms with van der Waals surface area (Å²) in [7, 11) is 2.05. The molecule has 2 aliphatic heterocycles. The third-order valence-electron chi connectivity index (χ3n) is 7.44. The number of esters is 1. The van der Waals surface area contributed by atoms with E-state index in [4.69, 9.17) is 26.7 Å². The van der Waals surface area contributed by atoms with Gasteiger partial charge in [-0.15, -0.1) is 11.8 Å². The Morgan fingerprint density at radius 1 is 1.18 bits per heavy atom. The second kappa shape index (κ2) is 10.5. The summed E-state index contributed by atoms with van der Waals surface area (Å²) in [4.78, 5) is 19.9. The van der Waals surface area contributed by atoms with Crippen LogP contribution in [0.3, 0.4) is 0 Å². The van der Waals surface area contributed by atoms with Crippen molar-refractivity contribution in [3.05, 3.63) is 60.2 Å². The molecular weight excluding hydrogens is 533 g/mol. The van der Waals surface area contributed by atoms with Crippen molar-refractivity contribution < 1.29 is 14.3 Å². The molecular formula is C30H32N2O3S3. The standard InChI is InChI=1S/C30H32N2O3S3/c1-6-7-16-37-28(36)38-19(2)27(33)34-21-14-12-20-13-15-25-26(22(20)17-21)31-18-30(35-25)29(3,4)23-10-8-9-11-24(23)32(30)5/h8-15,17-19H,6-7,16H2,1-5H3. The molecule has 2 aliphatic rings. The van der Waals surface area contributed by atoms with Crippen LogP contribution in [0.15, 0.2) is 59.6 Å². The van der Waals surface area contributed by atoms with E-state index >= 15 is 0 Å². The summed E-state index contributed by atoms with van der Waals surface area (Å²) in [5.41, 5.74) is 2.03. The molecule has 38 heavy (non-hydrogen) atoms. The number of fused-ring (bicyclic) bond motifs is 4. The number of benzene rings is 3. The highest BCUT2D eigenvalue weighted by Crippen LogP contribution is 2.54. The van der Waals surface area contributed by atoms with Crippen LogP contribution in [0, 0.1) is 0 Å². The van der Waals surface area contributed by atoms with Crippen molar-refractivity contribution in [1.29, 1.82) is 0 Å². The van der Waals surface area contributed by atoms with Crippen molar-refractivity contribution in [2.24, 2.45) is 4.99 Å². The van der Waals surface area contributed by atoms with Gasteiger partial charge in [-0.05, 0) is 68.2 Å². The van der Waals surface area contributed by atoms with Crippen molar-refractivity contribution in [1.82, 2.24) is 0 Å². The summed E-state index contributed by atoms with van der Waals surface area (Å²) in [6.07, 6.45) is 4.16. The summed E-state index contributed by atoms with van der Waals surface area (Å²) in [5, 5.41) is 1.49. The van der Waals surface area contributed by atoms with Gasteiger partial charge in [0.1, 0.15) is 26.0 Å². The number of carbonyl (C=O) groups excluding carboxylic acids is 1. The molecule has 0 bridgehead atoms. The number of thiocarbonyl (C=S) groups is 1. The Bertz CT molecular complexity index is 1440. The number of unbranched alkanes of at least 4 members (excludes halogenated alkanes) is 1. The summed E-state index contributed by atoms with van der Waals surface area (Å²) >= 11 is 8.44. The minimum absolute atomic E-state index is 0.316. The van der Waals surface area contributed by atoms with Crippen LogP contribution in [0.25, 0.3) is 10.8 Å². The van der Waals surface area contributed by atoms with Crippen LogP contribution in [0.1, 0.15) is 46.1 Å².